The van der Waals surface area contributed by atoms with E-state index in [0.29, 0.717) is 18.9 Å². The fourth-order valence-corrected chi connectivity index (χ4v) is 3.47. The molecule has 2 amide bonds. The number of benzene rings is 1. The molecule has 1 aromatic rings. The molecule has 3 atom stereocenters. The normalized spacial score (nSPS) is 25.9. The number of hydrogen-bond donors (Lipinski definition) is 3. The van der Waals surface area contributed by atoms with E-state index in [1.165, 1.54) is 0 Å². The van der Waals surface area contributed by atoms with Crippen LogP contribution in [0.4, 0.5) is 5.69 Å². The van der Waals surface area contributed by atoms with Crippen molar-refractivity contribution in [2.24, 2.45) is 5.92 Å². The fourth-order valence-electron chi connectivity index (χ4n) is 3.47. The van der Waals surface area contributed by atoms with E-state index in [9.17, 15) is 9.59 Å². The summed E-state index contributed by atoms with van der Waals surface area (Å²) in [6.45, 7) is 3.13. The second-order valence-corrected chi connectivity index (χ2v) is 6.65. The molecule has 3 N–H and O–H groups in total. The first kappa shape index (κ1) is 18.7. The Labute approximate surface area is 149 Å². The van der Waals surface area contributed by atoms with Crippen LogP contribution in [0.5, 0.6) is 0 Å². The molecule has 0 spiro atoms. The first-order valence-corrected chi connectivity index (χ1v) is 8.55. The van der Waals surface area contributed by atoms with Crippen molar-refractivity contribution < 1.29 is 9.59 Å². The Balaban J connectivity index is 0.00000208. The maximum atomic E-state index is 12.2. The zero-order valence-corrected chi connectivity index (χ0v) is 14.8. The lowest BCUT2D eigenvalue weighted by atomic mass is 9.89. The van der Waals surface area contributed by atoms with Gasteiger partial charge in [0.2, 0.25) is 11.8 Å². The highest BCUT2D eigenvalue weighted by Gasteiger charge is 2.27. The van der Waals surface area contributed by atoms with Gasteiger partial charge in [0, 0.05) is 30.1 Å². The monoisotopic (exact) mass is 351 g/mol. The van der Waals surface area contributed by atoms with E-state index in [1.807, 2.05) is 24.3 Å². The van der Waals surface area contributed by atoms with Gasteiger partial charge in [-0.3, -0.25) is 9.59 Å². The molecule has 0 aliphatic carbocycles. The van der Waals surface area contributed by atoms with Crippen LogP contribution in [0.15, 0.2) is 24.3 Å². The largest absolute Gasteiger partial charge is 0.352 e. The topological polar surface area (TPSA) is 70.2 Å². The predicted molar refractivity (Wildman–Crippen MR) is 97.4 cm³/mol. The lowest BCUT2D eigenvalue weighted by Gasteiger charge is -2.31. The maximum absolute atomic E-state index is 12.2. The van der Waals surface area contributed by atoms with Gasteiger partial charge in [-0.15, -0.1) is 12.4 Å². The summed E-state index contributed by atoms with van der Waals surface area (Å²) in [6, 6.07) is 8.39. The van der Waals surface area contributed by atoms with Crippen LogP contribution in [0.3, 0.4) is 0 Å². The van der Waals surface area contributed by atoms with E-state index in [2.05, 4.69) is 22.9 Å². The van der Waals surface area contributed by atoms with Gasteiger partial charge in [0.15, 0.2) is 0 Å². The van der Waals surface area contributed by atoms with Crippen molar-refractivity contribution in [1.82, 2.24) is 10.6 Å². The summed E-state index contributed by atoms with van der Waals surface area (Å²) in [5, 5.41) is 9.43. The van der Waals surface area contributed by atoms with E-state index in [0.717, 1.165) is 37.1 Å². The number of para-hydroxylation sites is 1. The minimum atomic E-state index is -0.113. The van der Waals surface area contributed by atoms with Crippen LogP contribution in [0, 0.1) is 5.92 Å². The number of amides is 2. The van der Waals surface area contributed by atoms with Crippen LogP contribution in [0.1, 0.15) is 38.2 Å². The van der Waals surface area contributed by atoms with Crippen LogP contribution < -0.4 is 16.0 Å². The first-order valence-electron chi connectivity index (χ1n) is 8.55. The van der Waals surface area contributed by atoms with Gasteiger partial charge in [-0.2, -0.15) is 0 Å². The highest BCUT2D eigenvalue weighted by Crippen LogP contribution is 2.27. The molecular weight excluding hydrogens is 326 g/mol. The number of carbonyl (C=O) groups excluding carboxylic acids is 2. The maximum Gasteiger partial charge on any atom is 0.227 e. The molecule has 1 saturated heterocycles. The summed E-state index contributed by atoms with van der Waals surface area (Å²) in [6.07, 6.45) is 3.84. The third-order valence-electron chi connectivity index (χ3n) is 4.94. The molecule has 3 rings (SSSR count). The molecule has 1 aromatic carbocycles. The van der Waals surface area contributed by atoms with Crippen molar-refractivity contribution in [1.29, 1.82) is 0 Å². The molecule has 3 unspecified atom stereocenters. The van der Waals surface area contributed by atoms with Gasteiger partial charge in [0.05, 0.1) is 0 Å². The first-order chi connectivity index (χ1) is 11.1. The molecule has 1 fully saturated rings. The third-order valence-corrected chi connectivity index (χ3v) is 4.94. The van der Waals surface area contributed by atoms with Crippen LogP contribution in [-0.4, -0.2) is 30.4 Å². The minimum Gasteiger partial charge on any atom is -0.352 e. The molecule has 0 aromatic heterocycles. The number of nitrogens with one attached hydrogen (secondary N) is 3. The van der Waals surface area contributed by atoms with Gasteiger partial charge >= 0.3 is 0 Å². The summed E-state index contributed by atoms with van der Waals surface area (Å²) < 4.78 is 0. The lowest BCUT2D eigenvalue weighted by Crippen LogP contribution is -2.52. The number of rotatable bonds is 4. The van der Waals surface area contributed by atoms with Gasteiger partial charge in [0.1, 0.15) is 0 Å². The molecule has 0 radical (unpaired) electrons. The smallest absolute Gasteiger partial charge is 0.227 e. The molecule has 0 bridgehead atoms. The third kappa shape index (κ3) is 4.48. The van der Waals surface area contributed by atoms with Crippen molar-refractivity contribution in [2.75, 3.05) is 11.9 Å². The second kappa shape index (κ2) is 8.49. The molecule has 2 heterocycles. The van der Waals surface area contributed by atoms with Crippen LogP contribution in [0.25, 0.3) is 0 Å². The highest BCUT2D eigenvalue weighted by atomic mass is 35.5. The molecule has 2 aliphatic heterocycles. The summed E-state index contributed by atoms with van der Waals surface area (Å²) >= 11 is 0. The van der Waals surface area contributed by atoms with E-state index in [4.69, 9.17) is 0 Å². The summed E-state index contributed by atoms with van der Waals surface area (Å²) in [5.74, 6) is -0.0287. The van der Waals surface area contributed by atoms with Gasteiger partial charge in [-0.25, -0.2) is 0 Å². The average molecular weight is 352 g/mol. The zero-order valence-electron chi connectivity index (χ0n) is 14.0. The summed E-state index contributed by atoms with van der Waals surface area (Å²) in [7, 11) is 0. The molecule has 5 nitrogen and oxygen atoms in total. The lowest BCUT2D eigenvalue weighted by molar-refractivity contribution is -0.123. The number of halogens is 1. The average Bonchev–Trinajstić information content (AvgIpc) is 2.55. The van der Waals surface area contributed by atoms with Crippen molar-refractivity contribution in [2.45, 2.75) is 51.1 Å². The summed E-state index contributed by atoms with van der Waals surface area (Å²) in [4.78, 5) is 24.3. The Morgan fingerprint density at radius 2 is 2.12 bits per heavy atom. The second-order valence-electron chi connectivity index (χ2n) is 6.65. The van der Waals surface area contributed by atoms with Gasteiger partial charge in [0.25, 0.3) is 0 Å². The van der Waals surface area contributed by atoms with E-state index in [-0.39, 0.29) is 36.2 Å². The number of carbonyl (C=O) groups is 2. The van der Waals surface area contributed by atoms with Crippen LogP contribution in [0.2, 0.25) is 0 Å². The quantitative estimate of drug-likeness (QED) is 0.779. The predicted octanol–water partition coefficient (Wildman–Crippen LogP) is 2.26. The fraction of sp³-hybridized carbons (Fsp3) is 0.556. The molecule has 6 heteroatoms. The van der Waals surface area contributed by atoms with Crippen molar-refractivity contribution >= 4 is 29.9 Å². The Kier molecular flexibility index (Phi) is 6.63. The molecule has 24 heavy (non-hydrogen) atoms. The molecular formula is C18H26ClN3O2. The number of hydrogen-bond acceptors (Lipinski definition) is 3. The minimum absolute atomic E-state index is 0. The number of piperidine rings is 1. The molecule has 132 valence electrons. The number of fused-ring (bicyclic) bond motifs is 1. The van der Waals surface area contributed by atoms with E-state index < -0.39 is 0 Å². The van der Waals surface area contributed by atoms with Gasteiger partial charge in [-0.1, -0.05) is 18.2 Å². The zero-order chi connectivity index (χ0) is 16.2. The SMILES string of the molecule is CC1NCCCC1NC(=O)CCC1Cc2ccccc2NC1=O.Cl. The Hall–Kier alpha value is -1.59. The highest BCUT2D eigenvalue weighted by molar-refractivity contribution is 5.96. The van der Waals surface area contributed by atoms with Crippen molar-refractivity contribution in [3.8, 4) is 0 Å². The Morgan fingerprint density at radius 3 is 2.92 bits per heavy atom. The van der Waals surface area contributed by atoms with E-state index >= 15 is 0 Å². The van der Waals surface area contributed by atoms with Crippen molar-refractivity contribution in [3.63, 3.8) is 0 Å². The van der Waals surface area contributed by atoms with Gasteiger partial charge < -0.3 is 16.0 Å². The molecule has 2 aliphatic rings. The molecule has 0 saturated carbocycles. The van der Waals surface area contributed by atoms with Crippen LogP contribution in [-0.2, 0) is 16.0 Å². The Bertz CT molecular complexity index is 593. The van der Waals surface area contributed by atoms with Gasteiger partial charge in [-0.05, 0) is 50.8 Å². The van der Waals surface area contributed by atoms with Crippen molar-refractivity contribution in [3.05, 3.63) is 29.8 Å². The van der Waals surface area contributed by atoms with E-state index in [1.54, 1.807) is 0 Å². The number of anilines is 1. The summed E-state index contributed by atoms with van der Waals surface area (Å²) in [5.41, 5.74) is 2.06. The Morgan fingerprint density at radius 1 is 1.33 bits per heavy atom. The standard InChI is InChI=1S/C18H25N3O2.ClH/c1-12-15(7-4-10-19-12)20-17(22)9-8-14-11-13-5-2-3-6-16(13)21-18(14)23;/h2-3,5-6,12,14-15,19H,4,7-11H2,1H3,(H,20,22)(H,21,23);1H. The van der Waals surface area contributed by atoms with Crippen LogP contribution >= 0.6 is 12.4 Å².